The number of Topliss-reactive ketones (excluding diaryl/α,β-unsaturated/α-hetero) is 1. The minimum Gasteiger partial charge on any atom is -0.383 e. The Morgan fingerprint density at radius 2 is 1.96 bits per heavy atom. The first kappa shape index (κ1) is 17.9. The van der Waals surface area contributed by atoms with E-state index in [1.165, 1.54) is 28.7 Å². The molecule has 2 aromatic rings. The third-order valence-electron chi connectivity index (χ3n) is 3.46. The fraction of sp³-hybridized carbons (Fsp3) is 0.438. The van der Waals surface area contributed by atoms with Crippen LogP contribution in [0.4, 0.5) is 5.13 Å². The number of nitrogens with zero attached hydrogens (tertiary/aromatic N) is 2. The number of ether oxygens (including phenoxy) is 1. The SMILES string of the molecule is COCCNc1nnc(SCC(=O)c2cc(C)c(C)cc2C)s1. The van der Waals surface area contributed by atoms with Crippen molar-refractivity contribution in [2.45, 2.75) is 25.1 Å². The lowest BCUT2D eigenvalue weighted by Crippen LogP contribution is -2.06. The van der Waals surface area contributed by atoms with Gasteiger partial charge in [0.25, 0.3) is 0 Å². The zero-order chi connectivity index (χ0) is 16.8. The summed E-state index contributed by atoms with van der Waals surface area (Å²) in [5.41, 5.74) is 4.17. The Morgan fingerprint density at radius 1 is 1.22 bits per heavy atom. The van der Waals surface area contributed by atoms with Gasteiger partial charge in [-0.15, -0.1) is 10.2 Å². The molecule has 0 amide bonds. The summed E-state index contributed by atoms with van der Waals surface area (Å²) in [6.45, 7) is 7.38. The van der Waals surface area contributed by atoms with E-state index in [2.05, 4.69) is 28.5 Å². The van der Waals surface area contributed by atoms with Crippen molar-refractivity contribution < 1.29 is 9.53 Å². The highest BCUT2D eigenvalue weighted by Gasteiger charge is 2.13. The van der Waals surface area contributed by atoms with Gasteiger partial charge in [-0.1, -0.05) is 29.2 Å². The molecule has 0 aliphatic carbocycles. The Labute approximate surface area is 144 Å². The number of methoxy groups -OCH3 is 1. The van der Waals surface area contributed by atoms with Gasteiger partial charge in [0.1, 0.15) is 0 Å². The van der Waals surface area contributed by atoms with Gasteiger partial charge in [0.05, 0.1) is 12.4 Å². The van der Waals surface area contributed by atoms with E-state index in [0.29, 0.717) is 18.9 Å². The molecule has 1 N–H and O–H groups in total. The molecule has 2 rings (SSSR count). The normalized spacial score (nSPS) is 10.8. The van der Waals surface area contributed by atoms with Crippen molar-refractivity contribution in [1.29, 1.82) is 0 Å². The summed E-state index contributed by atoms with van der Waals surface area (Å²) in [5.74, 6) is 0.496. The van der Waals surface area contributed by atoms with Crippen LogP contribution in [-0.2, 0) is 4.74 Å². The molecule has 0 aliphatic rings. The van der Waals surface area contributed by atoms with Gasteiger partial charge < -0.3 is 10.1 Å². The highest BCUT2D eigenvalue weighted by Crippen LogP contribution is 2.26. The largest absolute Gasteiger partial charge is 0.383 e. The maximum absolute atomic E-state index is 12.4. The molecule has 0 saturated carbocycles. The fourth-order valence-corrected chi connectivity index (χ4v) is 3.73. The van der Waals surface area contributed by atoms with Crippen molar-refractivity contribution in [3.8, 4) is 0 Å². The quantitative estimate of drug-likeness (QED) is 0.446. The average molecular weight is 351 g/mol. The molecule has 0 radical (unpaired) electrons. The van der Waals surface area contributed by atoms with Gasteiger partial charge in [-0.25, -0.2) is 0 Å². The molecule has 1 heterocycles. The molecule has 5 nitrogen and oxygen atoms in total. The van der Waals surface area contributed by atoms with Crippen LogP contribution < -0.4 is 5.32 Å². The second-order valence-electron chi connectivity index (χ2n) is 5.26. The smallest absolute Gasteiger partial charge is 0.206 e. The maximum atomic E-state index is 12.4. The molecule has 0 atom stereocenters. The Morgan fingerprint density at radius 3 is 2.70 bits per heavy atom. The number of nitrogens with one attached hydrogen (secondary N) is 1. The first-order chi connectivity index (χ1) is 11.0. The van der Waals surface area contributed by atoms with Crippen LogP contribution in [0.15, 0.2) is 16.5 Å². The molecule has 0 bridgehead atoms. The summed E-state index contributed by atoms with van der Waals surface area (Å²) in [5, 5.41) is 12.0. The summed E-state index contributed by atoms with van der Waals surface area (Å²) in [6.07, 6.45) is 0. The predicted molar refractivity (Wildman–Crippen MR) is 96.0 cm³/mol. The van der Waals surface area contributed by atoms with Crippen LogP contribution in [0.1, 0.15) is 27.0 Å². The number of rotatable bonds is 8. The second-order valence-corrected chi connectivity index (χ2v) is 7.46. The summed E-state index contributed by atoms with van der Waals surface area (Å²) in [4.78, 5) is 12.4. The van der Waals surface area contributed by atoms with Gasteiger partial charge in [0.2, 0.25) is 5.13 Å². The number of carbonyl (C=O) groups excluding carboxylic acids is 1. The number of thioether (sulfide) groups is 1. The first-order valence-corrected chi connectivity index (χ1v) is 9.11. The molecule has 1 aromatic heterocycles. The minimum atomic E-state index is 0.125. The van der Waals surface area contributed by atoms with E-state index < -0.39 is 0 Å². The van der Waals surface area contributed by atoms with Crippen molar-refractivity contribution in [3.05, 3.63) is 34.4 Å². The zero-order valence-electron chi connectivity index (χ0n) is 13.8. The Balaban J connectivity index is 1.93. The third kappa shape index (κ3) is 5.02. The predicted octanol–water partition coefficient (Wildman–Crippen LogP) is 3.50. The van der Waals surface area contributed by atoms with Crippen molar-refractivity contribution in [1.82, 2.24) is 10.2 Å². The molecule has 0 spiro atoms. The number of aromatic nitrogens is 2. The summed E-state index contributed by atoms with van der Waals surface area (Å²) < 4.78 is 5.76. The van der Waals surface area contributed by atoms with Gasteiger partial charge >= 0.3 is 0 Å². The van der Waals surface area contributed by atoms with Gasteiger partial charge in [-0.2, -0.15) is 0 Å². The van der Waals surface area contributed by atoms with Crippen molar-refractivity contribution in [2.24, 2.45) is 0 Å². The summed E-state index contributed by atoms with van der Waals surface area (Å²) >= 11 is 2.88. The number of hydrogen-bond acceptors (Lipinski definition) is 7. The van der Waals surface area contributed by atoms with Crippen LogP contribution in [0.2, 0.25) is 0 Å². The number of anilines is 1. The van der Waals surface area contributed by atoms with Gasteiger partial charge in [-0.3, -0.25) is 4.79 Å². The number of benzene rings is 1. The van der Waals surface area contributed by atoms with E-state index in [9.17, 15) is 4.79 Å². The Bertz CT molecular complexity index is 686. The Hall–Kier alpha value is -1.44. The molecule has 0 unspecified atom stereocenters. The van der Waals surface area contributed by atoms with Crippen LogP contribution in [0, 0.1) is 20.8 Å². The lowest BCUT2D eigenvalue weighted by Gasteiger charge is -2.08. The highest BCUT2D eigenvalue weighted by molar-refractivity contribution is 8.01. The minimum absolute atomic E-state index is 0.125. The number of aryl methyl sites for hydroxylation is 3. The van der Waals surface area contributed by atoms with Crippen molar-refractivity contribution in [2.75, 3.05) is 31.3 Å². The molecule has 124 valence electrons. The van der Waals surface area contributed by atoms with Crippen LogP contribution in [0.25, 0.3) is 0 Å². The topological polar surface area (TPSA) is 64.1 Å². The van der Waals surface area contributed by atoms with E-state index in [1.807, 2.05) is 19.9 Å². The molecular formula is C16H21N3O2S2. The first-order valence-electron chi connectivity index (χ1n) is 7.31. The summed E-state index contributed by atoms with van der Waals surface area (Å²) in [6, 6.07) is 4.04. The van der Waals surface area contributed by atoms with E-state index in [0.717, 1.165) is 26.2 Å². The van der Waals surface area contributed by atoms with E-state index in [1.54, 1.807) is 7.11 Å². The molecule has 1 aromatic carbocycles. The molecule has 7 heteroatoms. The van der Waals surface area contributed by atoms with Crippen LogP contribution in [0.5, 0.6) is 0 Å². The second kappa shape index (κ2) is 8.42. The fourth-order valence-electron chi connectivity index (χ4n) is 2.07. The number of carbonyl (C=O) groups is 1. The average Bonchev–Trinajstić information content (AvgIpc) is 2.97. The standard InChI is InChI=1S/C16H21N3O2S2/c1-10-7-12(3)13(8-11(10)2)14(20)9-22-16-19-18-15(23-16)17-5-6-21-4/h7-8H,5-6,9H2,1-4H3,(H,17,18). The number of ketones is 1. The monoisotopic (exact) mass is 351 g/mol. The van der Waals surface area contributed by atoms with Crippen LogP contribution in [0.3, 0.4) is 0 Å². The Kier molecular flexibility index (Phi) is 6.56. The highest BCUT2D eigenvalue weighted by atomic mass is 32.2. The van der Waals surface area contributed by atoms with E-state index in [4.69, 9.17) is 4.74 Å². The zero-order valence-corrected chi connectivity index (χ0v) is 15.4. The maximum Gasteiger partial charge on any atom is 0.206 e. The van der Waals surface area contributed by atoms with Crippen molar-refractivity contribution >= 4 is 34.0 Å². The van der Waals surface area contributed by atoms with Gasteiger partial charge in [-0.05, 0) is 43.5 Å². The lowest BCUT2D eigenvalue weighted by atomic mass is 9.99. The van der Waals surface area contributed by atoms with Crippen LogP contribution >= 0.6 is 23.1 Å². The third-order valence-corrected chi connectivity index (χ3v) is 5.47. The summed E-state index contributed by atoms with van der Waals surface area (Å²) in [7, 11) is 1.66. The molecule has 0 fully saturated rings. The lowest BCUT2D eigenvalue weighted by molar-refractivity contribution is 0.102. The van der Waals surface area contributed by atoms with Crippen LogP contribution in [-0.4, -0.2) is 42.0 Å². The molecule has 0 aliphatic heterocycles. The number of hydrogen-bond donors (Lipinski definition) is 1. The molecule has 23 heavy (non-hydrogen) atoms. The van der Waals surface area contributed by atoms with E-state index >= 15 is 0 Å². The molecular weight excluding hydrogens is 330 g/mol. The van der Waals surface area contributed by atoms with Gasteiger partial charge in [0.15, 0.2) is 10.1 Å². The molecule has 0 saturated heterocycles. The van der Waals surface area contributed by atoms with Crippen molar-refractivity contribution in [3.63, 3.8) is 0 Å². The van der Waals surface area contributed by atoms with E-state index in [-0.39, 0.29) is 5.78 Å². The van der Waals surface area contributed by atoms with Gasteiger partial charge in [0, 0.05) is 19.2 Å².